The minimum atomic E-state index is -0.164. The average Bonchev–Trinajstić information content (AvgIpc) is 3.60. The van der Waals surface area contributed by atoms with Crippen molar-refractivity contribution in [1.82, 2.24) is 4.90 Å². The third-order valence-corrected chi connectivity index (χ3v) is 8.26. The van der Waals surface area contributed by atoms with Crippen molar-refractivity contribution in [3.8, 4) is 11.5 Å². The number of methoxy groups -OCH3 is 1. The molecule has 1 N–H and O–H groups in total. The Morgan fingerprint density at radius 1 is 1.05 bits per heavy atom. The summed E-state index contributed by atoms with van der Waals surface area (Å²) in [7, 11) is 1.57. The van der Waals surface area contributed by atoms with E-state index in [0.29, 0.717) is 32.8 Å². The minimum Gasteiger partial charge on any atom is -0.493 e. The van der Waals surface area contributed by atoms with Gasteiger partial charge in [0.25, 0.3) is 11.8 Å². The van der Waals surface area contributed by atoms with Crippen LogP contribution in [0.3, 0.4) is 0 Å². The van der Waals surface area contributed by atoms with Gasteiger partial charge in [-0.1, -0.05) is 11.6 Å². The van der Waals surface area contributed by atoms with E-state index in [9.17, 15) is 9.59 Å². The van der Waals surface area contributed by atoms with Crippen molar-refractivity contribution in [2.24, 2.45) is 4.99 Å². The zero-order chi connectivity index (χ0) is 26.5. The molecule has 7 nitrogen and oxygen atoms in total. The van der Waals surface area contributed by atoms with Crippen molar-refractivity contribution in [2.75, 3.05) is 32.1 Å². The number of anilines is 1. The fourth-order valence-corrected chi connectivity index (χ4v) is 6.17. The molecule has 38 heavy (non-hydrogen) atoms. The highest BCUT2D eigenvalue weighted by Crippen LogP contribution is 2.40. The fraction of sp³-hybridized carbons (Fsp3) is 0.345. The Hall–Kier alpha value is -3.36. The monoisotopic (exact) mass is 551 g/mol. The minimum absolute atomic E-state index is 0.0127. The van der Waals surface area contributed by atoms with E-state index >= 15 is 0 Å². The fourth-order valence-electron chi connectivity index (χ4n) is 4.82. The van der Waals surface area contributed by atoms with E-state index in [2.05, 4.69) is 5.32 Å². The molecule has 1 aromatic heterocycles. The van der Waals surface area contributed by atoms with Crippen LogP contribution in [-0.4, -0.2) is 49.7 Å². The van der Waals surface area contributed by atoms with Gasteiger partial charge in [-0.15, -0.1) is 11.3 Å². The first-order chi connectivity index (χ1) is 18.5. The summed E-state index contributed by atoms with van der Waals surface area (Å²) in [6, 6.07) is 12.5. The van der Waals surface area contributed by atoms with Gasteiger partial charge in [0, 0.05) is 34.9 Å². The van der Waals surface area contributed by atoms with Crippen LogP contribution in [0.2, 0.25) is 5.02 Å². The first-order valence-corrected chi connectivity index (χ1v) is 14.1. The molecule has 5 rings (SSSR count). The molecule has 2 aromatic carbocycles. The number of benzene rings is 2. The number of hydrogen-bond acceptors (Lipinski definition) is 6. The molecule has 0 radical (unpaired) electrons. The second kappa shape index (κ2) is 12.0. The maximum absolute atomic E-state index is 13.4. The van der Waals surface area contributed by atoms with Crippen LogP contribution >= 0.6 is 22.9 Å². The molecule has 2 amide bonds. The summed E-state index contributed by atoms with van der Waals surface area (Å²) in [5.41, 5.74) is 3.23. The van der Waals surface area contributed by atoms with Gasteiger partial charge < -0.3 is 19.7 Å². The third-order valence-electron chi connectivity index (χ3n) is 6.81. The average molecular weight is 552 g/mol. The number of nitrogens with zero attached hydrogens (tertiary/aromatic N) is 2. The van der Waals surface area contributed by atoms with Crippen molar-refractivity contribution in [3.63, 3.8) is 0 Å². The van der Waals surface area contributed by atoms with Gasteiger partial charge in [0.15, 0.2) is 18.1 Å². The van der Waals surface area contributed by atoms with Gasteiger partial charge in [0.2, 0.25) is 0 Å². The van der Waals surface area contributed by atoms with Gasteiger partial charge in [-0.05, 0) is 92.1 Å². The first-order valence-electron chi connectivity index (χ1n) is 12.9. The van der Waals surface area contributed by atoms with Crippen LogP contribution in [-0.2, 0) is 17.6 Å². The number of likely N-dealkylation sites (tertiary alicyclic amines) is 1. The highest BCUT2D eigenvalue weighted by atomic mass is 35.5. The third kappa shape index (κ3) is 6.03. The van der Waals surface area contributed by atoms with Crippen molar-refractivity contribution >= 4 is 51.7 Å². The molecule has 2 heterocycles. The van der Waals surface area contributed by atoms with E-state index in [1.165, 1.54) is 4.88 Å². The summed E-state index contributed by atoms with van der Waals surface area (Å²) in [5.74, 6) is 0.852. The summed E-state index contributed by atoms with van der Waals surface area (Å²) in [6.45, 7) is 1.57. The summed E-state index contributed by atoms with van der Waals surface area (Å²) >= 11 is 7.57. The van der Waals surface area contributed by atoms with Crippen LogP contribution in [0.5, 0.6) is 11.5 Å². The molecule has 1 aliphatic carbocycles. The molecule has 0 spiro atoms. The first kappa shape index (κ1) is 26.3. The van der Waals surface area contributed by atoms with E-state index in [4.69, 9.17) is 26.1 Å². The van der Waals surface area contributed by atoms with Crippen molar-refractivity contribution in [1.29, 1.82) is 0 Å². The summed E-state index contributed by atoms with van der Waals surface area (Å²) < 4.78 is 11.3. The van der Waals surface area contributed by atoms with Gasteiger partial charge in [-0.25, -0.2) is 4.99 Å². The maximum Gasteiger partial charge on any atom is 0.260 e. The van der Waals surface area contributed by atoms with Crippen molar-refractivity contribution < 1.29 is 19.1 Å². The standard InChI is InChI=1S/C29H30ClN3O4S/c1-36-24-16-19(8-13-23(24)37-18-26(34)33-14-4-5-15-33)17-31-29-27(22-6-2-3-7-25(22)38-29)28(35)32-21-11-9-20(30)10-12-21/h8-13,16-17H,2-7,14-15,18H2,1H3,(H,32,35). The number of hydrogen-bond donors (Lipinski definition) is 1. The number of aryl methyl sites for hydroxylation is 1. The number of carbonyl (C=O) groups excluding carboxylic acids is 2. The van der Waals surface area contributed by atoms with Gasteiger partial charge >= 0.3 is 0 Å². The maximum atomic E-state index is 13.4. The smallest absolute Gasteiger partial charge is 0.260 e. The molecule has 2 aliphatic rings. The van der Waals surface area contributed by atoms with Crippen LogP contribution in [0.4, 0.5) is 10.7 Å². The Morgan fingerprint density at radius 3 is 2.58 bits per heavy atom. The lowest BCUT2D eigenvalue weighted by molar-refractivity contribution is -0.132. The summed E-state index contributed by atoms with van der Waals surface area (Å²) in [4.78, 5) is 33.5. The Labute approximate surface area is 231 Å². The molecule has 3 aromatic rings. The Balaban J connectivity index is 1.34. The number of rotatable bonds is 8. The Kier molecular flexibility index (Phi) is 8.29. The zero-order valence-corrected chi connectivity index (χ0v) is 22.9. The molecule has 9 heteroatoms. The summed E-state index contributed by atoms with van der Waals surface area (Å²) in [6.07, 6.45) is 7.84. The number of nitrogens with one attached hydrogen (secondary N) is 1. The van der Waals surface area contributed by atoms with Crippen LogP contribution in [0.25, 0.3) is 0 Å². The van der Waals surface area contributed by atoms with Crippen LogP contribution in [0.1, 0.15) is 52.0 Å². The molecule has 0 bridgehead atoms. The highest BCUT2D eigenvalue weighted by molar-refractivity contribution is 7.16. The SMILES string of the molecule is COc1cc(C=Nc2sc3c(c2C(=O)Nc2ccc(Cl)cc2)CCCC3)ccc1OCC(=O)N1CCCC1. The Bertz CT molecular complexity index is 1350. The number of ether oxygens (including phenoxy) is 2. The number of carbonyl (C=O) groups is 2. The second-order valence-corrected chi connectivity index (χ2v) is 10.9. The van der Waals surface area contributed by atoms with E-state index in [-0.39, 0.29) is 18.4 Å². The topological polar surface area (TPSA) is 80.2 Å². The lowest BCUT2D eigenvalue weighted by Crippen LogP contribution is -2.32. The molecule has 0 atom stereocenters. The van der Waals surface area contributed by atoms with Gasteiger partial charge in [-0.2, -0.15) is 0 Å². The molecular weight excluding hydrogens is 522 g/mol. The quantitative estimate of drug-likeness (QED) is 0.333. The highest BCUT2D eigenvalue weighted by Gasteiger charge is 2.25. The van der Waals surface area contributed by atoms with Gasteiger partial charge in [-0.3, -0.25) is 9.59 Å². The van der Waals surface area contributed by atoms with E-state index < -0.39 is 0 Å². The molecule has 0 saturated carbocycles. The number of fused-ring (bicyclic) bond motifs is 1. The van der Waals surface area contributed by atoms with E-state index in [0.717, 1.165) is 62.7 Å². The van der Waals surface area contributed by atoms with Crippen LogP contribution in [0.15, 0.2) is 47.5 Å². The summed E-state index contributed by atoms with van der Waals surface area (Å²) in [5, 5.41) is 4.31. The van der Waals surface area contributed by atoms with E-state index in [1.54, 1.807) is 55.0 Å². The molecule has 1 saturated heterocycles. The predicted molar refractivity (Wildman–Crippen MR) is 152 cm³/mol. The van der Waals surface area contributed by atoms with Gasteiger partial charge in [0.05, 0.1) is 12.7 Å². The predicted octanol–water partition coefficient (Wildman–Crippen LogP) is 6.29. The number of amides is 2. The van der Waals surface area contributed by atoms with Crippen molar-refractivity contribution in [2.45, 2.75) is 38.5 Å². The van der Waals surface area contributed by atoms with Crippen molar-refractivity contribution in [3.05, 3.63) is 69.1 Å². The number of thiophene rings is 1. The van der Waals surface area contributed by atoms with Crippen LogP contribution < -0.4 is 14.8 Å². The second-order valence-electron chi connectivity index (χ2n) is 9.40. The number of aliphatic imine (C=N–C) groups is 1. The van der Waals surface area contributed by atoms with Gasteiger partial charge in [0.1, 0.15) is 5.00 Å². The lowest BCUT2D eigenvalue weighted by Gasteiger charge is -2.16. The molecule has 1 aliphatic heterocycles. The lowest BCUT2D eigenvalue weighted by atomic mass is 9.95. The molecule has 1 fully saturated rings. The van der Waals surface area contributed by atoms with Crippen LogP contribution in [0, 0.1) is 0 Å². The Morgan fingerprint density at radius 2 is 1.82 bits per heavy atom. The molecule has 0 unspecified atom stereocenters. The molecule has 198 valence electrons. The largest absolute Gasteiger partial charge is 0.493 e. The number of halogens is 1. The van der Waals surface area contributed by atoms with E-state index in [1.807, 2.05) is 17.0 Å². The normalized spacial score (nSPS) is 14.9. The zero-order valence-electron chi connectivity index (χ0n) is 21.3. The molecular formula is C29H30ClN3O4S.